The highest BCUT2D eigenvalue weighted by Crippen LogP contribution is 2.19. The largest absolute Gasteiger partial charge is 0.349 e. The van der Waals surface area contributed by atoms with E-state index in [1.54, 1.807) is 24.4 Å². The van der Waals surface area contributed by atoms with Gasteiger partial charge in [-0.15, -0.1) is 5.10 Å². The number of hydrogen-bond acceptors (Lipinski definition) is 4. The number of benzene rings is 1. The summed E-state index contributed by atoms with van der Waals surface area (Å²) in [7, 11) is 0. The molecule has 7 heteroatoms. The fraction of sp³-hybridized carbons (Fsp3) is 0.526. The van der Waals surface area contributed by atoms with Gasteiger partial charge in [-0.05, 0) is 38.9 Å². The zero-order valence-electron chi connectivity index (χ0n) is 15.2. The molecule has 0 aliphatic carbocycles. The number of carbonyl (C=O) groups excluding carboxylic acids is 1. The van der Waals surface area contributed by atoms with Crippen LogP contribution in [0.1, 0.15) is 54.7 Å². The lowest BCUT2D eigenvalue weighted by atomic mass is 10.1. The second kappa shape index (κ2) is 8.89. The summed E-state index contributed by atoms with van der Waals surface area (Å²) < 4.78 is 15.4. The minimum absolute atomic E-state index is 0.244. The first-order valence-electron chi connectivity index (χ1n) is 9.32. The molecule has 6 nitrogen and oxygen atoms in total. The third kappa shape index (κ3) is 4.66. The zero-order valence-corrected chi connectivity index (χ0v) is 15.2. The molecule has 1 fully saturated rings. The molecule has 140 valence electrons. The predicted molar refractivity (Wildman–Crippen MR) is 97.5 cm³/mol. The number of hydrogen-bond donors (Lipinski definition) is 1. The molecule has 1 aromatic heterocycles. The number of nitrogens with one attached hydrogen (secondary N) is 1. The second-order valence-electron chi connectivity index (χ2n) is 6.79. The topological polar surface area (TPSA) is 63.1 Å². The third-order valence-corrected chi connectivity index (χ3v) is 4.91. The molecule has 0 saturated carbocycles. The maximum atomic E-state index is 13.9. The lowest BCUT2D eigenvalue weighted by Crippen LogP contribution is -2.35. The lowest BCUT2D eigenvalue weighted by Gasteiger charge is -2.19. The number of halogens is 1. The molecule has 0 radical (unpaired) electrons. The van der Waals surface area contributed by atoms with E-state index >= 15 is 0 Å². The summed E-state index contributed by atoms with van der Waals surface area (Å²) in [5.74, 6) is -0.536. The summed E-state index contributed by atoms with van der Waals surface area (Å²) in [6.45, 7) is 5.48. The van der Waals surface area contributed by atoms with E-state index in [2.05, 4.69) is 20.5 Å². The highest BCUT2D eigenvalue weighted by atomic mass is 19.1. The Kier molecular flexibility index (Phi) is 6.33. The van der Waals surface area contributed by atoms with Crippen molar-refractivity contribution in [3.05, 3.63) is 47.5 Å². The molecule has 2 heterocycles. The molecule has 1 amide bonds. The Morgan fingerprint density at radius 1 is 1.23 bits per heavy atom. The molecular weight excluding hydrogens is 333 g/mol. The first-order chi connectivity index (χ1) is 12.6. The van der Waals surface area contributed by atoms with Gasteiger partial charge in [-0.25, -0.2) is 9.07 Å². The smallest absolute Gasteiger partial charge is 0.273 e. The molecule has 0 bridgehead atoms. The fourth-order valence-electron chi connectivity index (χ4n) is 3.30. The van der Waals surface area contributed by atoms with E-state index < -0.39 is 0 Å². The van der Waals surface area contributed by atoms with Gasteiger partial charge in [0.15, 0.2) is 5.69 Å². The first kappa shape index (κ1) is 18.5. The number of nitrogens with zero attached hydrogens (tertiary/aromatic N) is 4. The van der Waals surface area contributed by atoms with E-state index in [0.29, 0.717) is 12.1 Å². The normalized spacial score (nSPS) is 16.8. The van der Waals surface area contributed by atoms with Crippen molar-refractivity contribution in [1.29, 1.82) is 0 Å². The summed E-state index contributed by atoms with van der Waals surface area (Å²) in [6.07, 6.45) is 6.63. The van der Waals surface area contributed by atoms with Gasteiger partial charge in [0, 0.05) is 18.7 Å². The van der Waals surface area contributed by atoms with Crippen molar-refractivity contribution in [2.24, 2.45) is 0 Å². The quantitative estimate of drug-likeness (QED) is 0.861. The van der Waals surface area contributed by atoms with Crippen molar-refractivity contribution in [2.45, 2.75) is 38.6 Å². The molecule has 1 aliphatic heterocycles. The van der Waals surface area contributed by atoms with Crippen LogP contribution in [-0.4, -0.2) is 52.0 Å². The minimum Gasteiger partial charge on any atom is -0.349 e. The molecule has 26 heavy (non-hydrogen) atoms. The van der Waals surface area contributed by atoms with Crippen LogP contribution in [-0.2, 0) is 0 Å². The molecule has 0 spiro atoms. The van der Waals surface area contributed by atoms with Gasteiger partial charge in [0.2, 0.25) is 0 Å². The van der Waals surface area contributed by atoms with Crippen molar-refractivity contribution >= 4 is 5.91 Å². The SMILES string of the molecule is CC(c1ccccc1F)n1cc(C(=O)NCCN2CCCCCC2)nn1. The Labute approximate surface area is 153 Å². The standard InChI is InChI=1S/C19H26FN5O/c1-15(16-8-4-5-9-17(16)20)25-14-18(22-23-25)19(26)21-10-13-24-11-6-2-3-7-12-24/h4-5,8-9,14-15H,2-3,6-7,10-13H2,1H3,(H,21,26). The van der Waals surface area contributed by atoms with Gasteiger partial charge in [0.1, 0.15) is 5.82 Å². The van der Waals surface area contributed by atoms with Crippen molar-refractivity contribution < 1.29 is 9.18 Å². The minimum atomic E-state index is -0.331. The van der Waals surface area contributed by atoms with Gasteiger partial charge in [-0.2, -0.15) is 0 Å². The zero-order chi connectivity index (χ0) is 18.4. The van der Waals surface area contributed by atoms with Gasteiger partial charge in [-0.1, -0.05) is 36.3 Å². The van der Waals surface area contributed by atoms with Crippen molar-refractivity contribution in [2.75, 3.05) is 26.2 Å². The lowest BCUT2D eigenvalue weighted by molar-refractivity contribution is 0.0943. The van der Waals surface area contributed by atoms with Crippen LogP contribution in [0.2, 0.25) is 0 Å². The molecule has 2 aromatic rings. The third-order valence-electron chi connectivity index (χ3n) is 4.91. The highest BCUT2D eigenvalue weighted by molar-refractivity contribution is 5.91. The summed E-state index contributed by atoms with van der Waals surface area (Å²) in [5.41, 5.74) is 0.773. The van der Waals surface area contributed by atoms with Gasteiger partial charge in [0.05, 0.1) is 12.2 Å². The Morgan fingerprint density at radius 2 is 1.96 bits per heavy atom. The molecule has 1 saturated heterocycles. The Morgan fingerprint density at radius 3 is 2.69 bits per heavy atom. The van der Waals surface area contributed by atoms with Crippen LogP contribution in [0.5, 0.6) is 0 Å². The van der Waals surface area contributed by atoms with Crippen molar-refractivity contribution in [3.8, 4) is 0 Å². The van der Waals surface area contributed by atoms with E-state index in [-0.39, 0.29) is 23.5 Å². The number of likely N-dealkylation sites (tertiary alicyclic amines) is 1. The van der Waals surface area contributed by atoms with Crippen LogP contribution < -0.4 is 5.32 Å². The van der Waals surface area contributed by atoms with Crippen LogP contribution in [0.15, 0.2) is 30.5 Å². The highest BCUT2D eigenvalue weighted by Gasteiger charge is 2.17. The number of aromatic nitrogens is 3. The van der Waals surface area contributed by atoms with Crippen molar-refractivity contribution in [3.63, 3.8) is 0 Å². The maximum Gasteiger partial charge on any atom is 0.273 e. The average molecular weight is 359 g/mol. The molecule has 3 rings (SSSR count). The van der Waals surface area contributed by atoms with Gasteiger partial charge in [0.25, 0.3) is 5.91 Å². The van der Waals surface area contributed by atoms with Gasteiger partial charge in [-0.3, -0.25) is 4.79 Å². The Hall–Kier alpha value is -2.28. The Bertz CT molecular complexity index is 724. The van der Waals surface area contributed by atoms with Crippen LogP contribution in [0.4, 0.5) is 4.39 Å². The molecular formula is C19H26FN5O. The summed E-state index contributed by atoms with van der Waals surface area (Å²) in [4.78, 5) is 14.7. The van der Waals surface area contributed by atoms with E-state index in [1.165, 1.54) is 36.4 Å². The van der Waals surface area contributed by atoms with Crippen molar-refractivity contribution in [1.82, 2.24) is 25.2 Å². The summed E-state index contributed by atoms with van der Waals surface area (Å²) >= 11 is 0. The summed E-state index contributed by atoms with van der Waals surface area (Å²) in [5, 5.41) is 10.8. The van der Waals surface area contributed by atoms with E-state index in [9.17, 15) is 9.18 Å². The van der Waals surface area contributed by atoms with E-state index in [1.807, 2.05) is 6.92 Å². The molecule has 1 aliphatic rings. The van der Waals surface area contributed by atoms with Gasteiger partial charge < -0.3 is 10.2 Å². The van der Waals surface area contributed by atoms with E-state index in [4.69, 9.17) is 0 Å². The summed E-state index contributed by atoms with van der Waals surface area (Å²) in [6, 6.07) is 6.22. The molecule has 1 atom stereocenters. The Balaban J connectivity index is 1.53. The molecule has 1 N–H and O–H groups in total. The monoisotopic (exact) mass is 359 g/mol. The number of carbonyl (C=O) groups is 1. The van der Waals surface area contributed by atoms with E-state index in [0.717, 1.165) is 19.6 Å². The van der Waals surface area contributed by atoms with Gasteiger partial charge >= 0.3 is 0 Å². The maximum absolute atomic E-state index is 13.9. The number of rotatable bonds is 6. The molecule has 1 unspecified atom stereocenters. The van der Waals surface area contributed by atoms with Crippen LogP contribution in [0, 0.1) is 5.82 Å². The van der Waals surface area contributed by atoms with Crippen LogP contribution >= 0.6 is 0 Å². The average Bonchev–Trinajstić information content (AvgIpc) is 3.00. The first-order valence-corrected chi connectivity index (χ1v) is 9.32. The predicted octanol–water partition coefficient (Wildman–Crippen LogP) is 2.63. The van der Waals surface area contributed by atoms with Crippen LogP contribution in [0.3, 0.4) is 0 Å². The fourth-order valence-corrected chi connectivity index (χ4v) is 3.30. The van der Waals surface area contributed by atoms with Crippen LogP contribution in [0.25, 0.3) is 0 Å². The molecule has 1 aromatic carbocycles. The second-order valence-corrected chi connectivity index (χ2v) is 6.79. The number of amides is 1.